The predicted molar refractivity (Wildman–Crippen MR) is 127 cm³/mol. The Morgan fingerprint density at radius 3 is 2.52 bits per heavy atom. The van der Waals surface area contributed by atoms with Crippen LogP contribution in [0.1, 0.15) is 69.9 Å². The average molecular weight is 471 g/mol. The van der Waals surface area contributed by atoms with E-state index < -0.39 is 0 Å². The summed E-state index contributed by atoms with van der Waals surface area (Å²) in [4.78, 5) is 20.9. The van der Waals surface area contributed by atoms with Gasteiger partial charge in [-0.3, -0.25) is 4.79 Å². The van der Waals surface area contributed by atoms with E-state index in [1.165, 1.54) is 0 Å². The molecule has 2 aromatic heterocycles. The molecule has 3 aromatic rings. The Kier molecular flexibility index (Phi) is 6.14. The maximum Gasteiger partial charge on any atom is 0.291 e. The van der Waals surface area contributed by atoms with Crippen molar-refractivity contribution in [2.24, 2.45) is 0 Å². The lowest BCUT2D eigenvalue weighted by Crippen LogP contribution is -2.48. The lowest BCUT2D eigenvalue weighted by molar-refractivity contribution is -0.130. The Hall–Kier alpha value is -2.45. The molecule has 0 unspecified atom stereocenters. The van der Waals surface area contributed by atoms with E-state index in [0.29, 0.717) is 22.9 Å². The zero-order valence-electron chi connectivity index (χ0n) is 19.5. The topological polar surface area (TPSA) is 80.3 Å². The zero-order chi connectivity index (χ0) is 23.1. The van der Waals surface area contributed by atoms with Crippen LogP contribution in [0.2, 0.25) is 5.02 Å². The number of hydrogen-bond donors (Lipinski definition) is 0. The number of aromatic nitrogens is 4. The number of piperidine rings is 2. The highest BCUT2D eigenvalue weighted by Gasteiger charge is 2.31. The number of nitrogens with zero attached hydrogens (tertiary/aromatic N) is 6. The van der Waals surface area contributed by atoms with Crippen molar-refractivity contribution in [1.82, 2.24) is 29.7 Å². The Labute approximate surface area is 198 Å². The van der Waals surface area contributed by atoms with Crippen molar-refractivity contribution in [3.05, 3.63) is 34.8 Å². The van der Waals surface area contributed by atoms with Gasteiger partial charge in [0, 0.05) is 37.4 Å². The second-order valence-corrected chi connectivity index (χ2v) is 9.97. The SMILES string of the molecule is CC(=O)N1CCC(N2CCC(c3nc(-n4nc(C(C)C)c5c(Cl)cccc54)no3)CC2)CC1. The standard InChI is InChI=1S/C24H31ClN6O2/c1-15(2)22-21-19(25)5-4-6-20(21)31(27-22)24-26-23(33-28-24)17-7-11-30(12-8-17)18-9-13-29(14-10-18)16(3)32/h4-6,15,17-18H,7-14H2,1-3H3. The summed E-state index contributed by atoms with van der Waals surface area (Å²) in [6.45, 7) is 9.65. The molecule has 9 heteroatoms. The van der Waals surface area contributed by atoms with Crippen LogP contribution in [0.5, 0.6) is 0 Å². The normalized spacial score (nSPS) is 19.1. The second kappa shape index (κ2) is 9.06. The van der Waals surface area contributed by atoms with E-state index in [-0.39, 0.29) is 17.7 Å². The number of fused-ring (bicyclic) bond motifs is 1. The molecule has 8 nitrogen and oxygen atoms in total. The fourth-order valence-corrected chi connectivity index (χ4v) is 5.51. The molecule has 0 N–H and O–H groups in total. The van der Waals surface area contributed by atoms with Crippen LogP contribution < -0.4 is 0 Å². The van der Waals surface area contributed by atoms with Crippen LogP contribution in [0, 0.1) is 0 Å². The zero-order valence-corrected chi connectivity index (χ0v) is 20.3. The molecule has 0 spiro atoms. The quantitative estimate of drug-likeness (QED) is 0.563. The molecule has 33 heavy (non-hydrogen) atoms. The summed E-state index contributed by atoms with van der Waals surface area (Å²) in [6.07, 6.45) is 4.11. The highest BCUT2D eigenvalue weighted by Crippen LogP contribution is 2.33. The van der Waals surface area contributed by atoms with E-state index in [4.69, 9.17) is 26.2 Å². The third kappa shape index (κ3) is 4.26. The first-order chi connectivity index (χ1) is 15.9. The molecule has 5 rings (SSSR count). The summed E-state index contributed by atoms with van der Waals surface area (Å²) in [5.74, 6) is 1.82. The van der Waals surface area contributed by atoms with Crippen molar-refractivity contribution in [3.63, 3.8) is 0 Å². The van der Waals surface area contributed by atoms with Crippen molar-refractivity contribution < 1.29 is 9.32 Å². The van der Waals surface area contributed by atoms with Crippen LogP contribution in [-0.4, -0.2) is 67.8 Å². The van der Waals surface area contributed by atoms with E-state index in [1.807, 2.05) is 23.1 Å². The van der Waals surface area contributed by atoms with Gasteiger partial charge in [0.15, 0.2) is 0 Å². The number of benzene rings is 1. The first-order valence-electron chi connectivity index (χ1n) is 11.9. The first-order valence-corrected chi connectivity index (χ1v) is 12.3. The molecule has 1 aromatic carbocycles. The Bertz CT molecular complexity index is 1140. The fraction of sp³-hybridized carbons (Fsp3) is 0.583. The second-order valence-electron chi connectivity index (χ2n) is 9.57. The van der Waals surface area contributed by atoms with Crippen LogP contribution in [0.25, 0.3) is 16.9 Å². The molecule has 0 saturated carbocycles. The number of carbonyl (C=O) groups is 1. The average Bonchev–Trinajstić information content (AvgIpc) is 3.45. The summed E-state index contributed by atoms with van der Waals surface area (Å²) in [5.41, 5.74) is 1.83. The van der Waals surface area contributed by atoms with Gasteiger partial charge in [-0.2, -0.15) is 14.8 Å². The molecule has 2 fully saturated rings. The van der Waals surface area contributed by atoms with Gasteiger partial charge in [0.2, 0.25) is 11.8 Å². The van der Waals surface area contributed by atoms with Crippen LogP contribution in [-0.2, 0) is 4.79 Å². The van der Waals surface area contributed by atoms with Crippen LogP contribution >= 0.6 is 11.6 Å². The van der Waals surface area contributed by atoms with Gasteiger partial charge in [0.05, 0.1) is 16.2 Å². The molecule has 0 aliphatic carbocycles. The van der Waals surface area contributed by atoms with Crippen LogP contribution in [0.4, 0.5) is 0 Å². The smallest absolute Gasteiger partial charge is 0.291 e. The molecular formula is C24H31ClN6O2. The van der Waals surface area contributed by atoms with Gasteiger partial charge in [-0.05, 0) is 62.0 Å². The molecule has 0 radical (unpaired) electrons. The molecule has 0 atom stereocenters. The van der Waals surface area contributed by atoms with Gasteiger partial charge in [-0.25, -0.2) is 0 Å². The molecular weight excluding hydrogens is 440 g/mol. The summed E-state index contributed by atoms with van der Waals surface area (Å²) in [5, 5.41) is 10.7. The maximum atomic E-state index is 11.6. The van der Waals surface area contributed by atoms with Crippen molar-refractivity contribution in [2.45, 2.75) is 64.3 Å². The number of halogens is 1. The van der Waals surface area contributed by atoms with Gasteiger partial charge in [-0.15, -0.1) is 0 Å². The number of hydrogen-bond acceptors (Lipinski definition) is 6. The highest BCUT2D eigenvalue weighted by atomic mass is 35.5. The van der Waals surface area contributed by atoms with Gasteiger partial charge in [0.25, 0.3) is 5.95 Å². The maximum absolute atomic E-state index is 11.6. The lowest BCUT2D eigenvalue weighted by Gasteiger charge is -2.41. The number of carbonyl (C=O) groups excluding carboxylic acids is 1. The van der Waals surface area contributed by atoms with E-state index >= 15 is 0 Å². The molecule has 2 aliphatic rings. The fourth-order valence-electron chi connectivity index (χ4n) is 5.25. The lowest BCUT2D eigenvalue weighted by atomic mass is 9.93. The minimum absolute atomic E-state index is 0.187. The number of rotatable bonds is 4. The third-order valence-electron chi connectivity index (χ3n) is 7.16. The van der Waals surface area contributed by atoms with E-state index in [0.717, 1.165) is 68.5 Å². The van der Waals surface area contributed by atoms with E-state index in [2.05, 4.69) is 23.9 Å². The first kappa shape index (κ1) is 22.3. The van der Waals surface area contributed by atoms with Crippen molar-refractivity contribution in [2.75, 3.05) is 26.2 Å². The Morgan fingerprint density at radius 1 is 1.12 bits per heavy atom. The molecule has 4 heterocycles. The minimum Gasteiger partial charge on any atom is -0.343 e. The predicted octanol–water partition coefficient (Wildman–Crippen LogP) is 4.38. The van der Waals surface area contributed by atoms with Crippen molar-refractivity contribution in [3.8, 4) is 5.95 Å². The molecule has 2 saturated heterocycles. The Balaban J connectivity index is 1.28. The summed E-state index contributed by atoms with van der Waals surface area (Å²) in [6, 6.07) is 6.37. The summed E-state index contributed by atoms with van der Waals surface area (Å²) in [7, 11) is 0. The molecule has 2 aliphatic heterocycles. The highest BCUT2D eigenvalue weighted by molar-refractivity contribution is 6.35. The number of amides is 1. The summed E-state index contributed by atoms with van der Waals surface area (Å²) >= 11 is 6.49. The third-order valence-corrected chi connectivity index (χ3v) is 7.47. The number of likely N-dealkylation sites (tertiary alicyclic amines) is 2. The Morgan fingerprint density at radius 2 is 1.85 bits per heavy atom. The van der Waals surface area contributed by atoms with Crippen molar-refractivity contribution in [1.29, 1.82) is 0 Å². The largest absolute Gasteiger partial charge is 0.343 e. The minimum atomic E-state index is 0.187. The molecule has 1 amide bonds. The van der Waals surface area contributed by atoms with Crippen LogP contribution in [0.3, 0.4) is 0 Å². The van der Waals surface area contributed by atoms with Gasteiger partial charge < -0.3 is 14.3 Å². The van der Waals surface area contributed by atoms with Gasteiger partial charge >= 0.3 is 0 Å². The van der Waals surface area contributed by atoms with Crippen LogP contribution in [0.15, 0.2) is 22.7 Å². The molecule has 176 valence electrons. The van der Waals surface area contributed by atoms with Gasteiger partial charge in [-0.1, -0.05) is 31.5 Å². The van der Waals surface area contributed by atoms with E-state index in [9.17, 15) is 4.79 Å². The van der Waals surface area contributed by atoms with Gasteiger partial charge in [0.1, 0.15) is 0 Å². The monoisotopic (exact) mass is 470 g/mol. The van der Waals surface area contributed by atoms with Crippen molar-refractivity contribution >= 4 is 28.4 Å². The summed E-state index contributed by atoms with van der Waals surface area (Å²) < 4.78 is 7.46. The van der Waals surface area contributed by atoms with E-state index in [1.54, 1.807) is 11.6 Å². The molecule has 0 bridgehead atoms.